The summed E-state index contributed by atoms with van der Waals surface area (Å²) < 4.78 is 11.0. The van der Waals surface area contributed by atoms with Crippen LogP contribution in [0.25, 0.3) is 0 Å². The van der Waals surface area contributed by atoms with Crippen LogP contribution >= 0.6 is 0 Å². The molecule has 0 aliphatic rings. The van der Waals surface area contributed by atoms with E-state index in [4.69, 9.17) is 9.15 Å². The largest absolute Gasteiger partial charge is 0.484 e. The molecule has 4 nitrogen and oxygen atoms in total. The van der Waals surface area contributed by atoms with E-state index in [1.54, 1.807) is 12.3 Å². The van der Waals surface area contributed by atoms with E-state index in [1.807, 2.05) is 67.6 Å². The smallest absolute Gasteiger partial charge is 0.258 e. The molecule has 0 aliphatic carbocycles. The van der Waals surface area contributed by atoms with Crippen molar-refractivity contribution in [1.82, 2.24) is 5.32 Å². The zero-order chi connectivity index (χ0) is 16.8. The van der Waals surface area contributed by atoms with Gasteiger partial charge in [-0.1, -0.05) is 42.5 Å². The van der Waals surface area contributed by atoms with Gasteiger partial charge in [-0.25, -0.2) is 0 Å². The number of aryl methyl sites for hydroxylation is 1. The molecule has 3 aromatic rings. The molecule has 0 aliphatic heterocycles. The Balaban J connectivity index is 1.68. The molecule has 3 rings (SSSR count). The molecule has 4 heteroatoms. The molecule has 0 saturated heterocycles. The van der Waals surface area contributed by atoms with Crippen molar-refractivity contribution < 1.29 is 13.9 Å². The van der Waals surface area contributed by atoms with Crippen LogP contribution < -0.4 is 10.1 Å². The lowest BCUT2D eigenvalue weighted by Gasteiger charge is -2.17. The molecular weight excluding hydrogens is 302 g/mol. The molecule has 0 spiro atoms. The van der Waals surface area contributed by atoms with Gasteiger partial charge in [-0.3, -0.25) is 4.79 Å². The number of carbonyl (C=O) groups excluding carboxylic acids is 1. The molecule has 1 unspecified atom stereocenters. The zero-order valence-electron chi connectivity index (χ0n) is 13.4. The number of furan rings is 1. The van der Waals surface area contributed by atoms with Crippen molar-refractivity contribution in [3.63, 3.8) is 0 Å². The molecule has 1 amide bonds. The Kier molecular flexibility index (Phi) is 4.96. The highest BCUT2D eigenvalue weighted by molar-refractivity contribution is 5.78. The minimum absolute atomic E-state index is 0.0481. The fraction of sp³-hybridized carbons (Fsp3) is 0.150. The van der Waals surface area contributed by atoms with Crippen LogP contribution in [0.5, 0.6) is 5.75 Å². The van der Waals surface area contributed by atoms with Crippen LogP contribution in [0, 0.1) is 6.92 Å². The molecule has 122 valence electrons. The highest BCUT2D eigenvalue weighted by atomic mass is 16.5. The summed E-state index contributed by atoms with van der Waals surface area (Å²) in [4.78, 5) is 12.3. The van der Waals surface area contributed by atoms with Gasteiger partial charge in [-0.2, -0.15) is 0 Å². The topological polar surface area (TPSA) is 51.5 Å². The predicted molar refractivity (Wildman–Crippen MR) is 91.8 cm³/mol. The summed E-state index contributed by atoms with van der Waals surface area (Å²) in [6.07, 6.45) is 1.60. The van der Waals surface area contributed by atoms with Crippen LogP contribution in [0.2, 0.25) is 0 Å². The molecule has 0 saturated carbocycles. The first kappa shape index (κ1) is 15.9. The van der Waals surface area contributed by atoms with Gasteiger partial charge in [0.15, 0.2) is 6.61 Å². The summed E-state index contributed by atoms with van der Waals surface area (Å²) in [7, 11) is 0. The van der Waals surface area contributed by atoms with E-state index < -0.39 is 0 Å². The lowest BCUT2D eigenvalue weighted by Crippen LogP contribution is -2.33. The summed E-state index contributed by atoms with van der Waals surface area (Å²) in [5, 5.41) is 2.96. The average Bonchev–Trinajstić information content (AvgIpc) is 3.13. The van der Waals surface area contributed by atoms with Crippen molar-refractivity contribution in [3.05, 3.63) is 89.9 Å². The maximum atomic E-state index is 12.3. The van der Waals surface area contributed by atoms with Crippen molar-refractivity contribution >= 4 is 5.91 Å². The Morgan fingerprint density at radius 3 is 2.62 bits per heavy atom. The molecule has 0 bridgehead atoms. The maximum Gasteiger partial charge on any atom is 0.258 e. The van der Waals surface area contributed by atoms with E-state index in [2.05, 4.69) is 5.32 Å². The third kappa shape index (κ3) is 4.04. The van der Waals surface area contributed by atoms with Crippen molar-refractivity contribution in [2.45, 2.75) is 13.0 Å². The molecule has 24 heavy (non-hydrogen) atoms. The van der Waals surface area contributed by atoms with Gasteiger partial charge in [0, 0.05) is 0 Å². The predicted octanol–water partition coefficient (Wildman–Crippen LogP) is 3.87. The Bertz CT molecular complexity index is 782. The number of carbonyl (C=O) groups is 1. The third-order valence-corrected chi connectivity index (χ3v) is 3.63. The fourth-order valence-electron chi connectivity index (χ4n) is 2.48. The van der Waals surface area contributed by atoms with E-state index >= 15 is 0 Å². The Hall–Kier alpha value is -3.01. The summed E-state index contributed by atoms with van der Waals surface area (Å²) in [5.74, 6) is 1.16. The van der Waals surface area contributed by atoms with Crippen LogP contribution in [0.1, 0.15) is 22.9 Å². The summed E-state index contributed by atoms with van der Waals surface area (Å²) in [6.45, 7) is 1.93. The van der Waals surface area contributed by atoms with E-state index in [-0.39, 0.29) is 18.6 Å². The first-order chi connectivity index (χ1) is 11.7. The minimum Gasteiger partial charge on any atom is -0.484 e. The van der Waals surface area contributed by atoms with Crippen molar-refractivity contribution in [3.8, 4) is 5.75 Å². The number of ether oxygens (including phenoxy) is 1. The standard InChI is InChI=1S/C20H19NO3/c1-15-7-5-10-17(13-15)24-14-19(22)21-20(18-11-6-12-23-18)16-8-3-2-4-9-16/h2-13,20H,14H2,1H3,(H,21,22). The number of hydrogen-bond acceptors (Lipinski definition) is 3. The molecule has 1 N–H and O–H groups in total. The van der Waals surface area contributed by atoms with Gasteiger partial charge in [0.2, 0.25) is 0 Å². The quantitative estimate of drug-likeness (QED) is 0.750. The Morgan fingerprint density at radius 1 is 1.08 bits per heavy atom. The summed E-state index contributed by atoms with van der Waals surface area (Å²) in [6, 6.07) is 20.6. The molecule has 2 aromatic carbocycles. The van der Waals surface area contributed by atoms with Crippen LogP contribution in [-0.4, -0.2) is 12.5 Å². The lowest BCUT2D eigenvalue weighted by molar-refractivity contribution is -0.123. The average molecular weight is 321 g/mol. The second kappa shape index (κ2) is 7.51. The third-order valence-electron chi connectivity index (χ3n) is 3.63. The van der Waals surface area contributed by atoms with Crippen molar-refractivity contribution in [2.75, 3.05) is 6.61 Å². The lowest BCUT2D eigenvalue weighted by atomic mass is 10.0. The molecule has 0 fully saturated rings. The van der Waals surface area contributed by atoms with Gasteiger partial charge in [-0.15, -0.1) is 0 Å². The summed E-state index contributed by atoms with van der Waals surface area (Å²) in [5.41, 5.74) is 2.04. The van der Waals surface area contributed by atoms with E-state index in [0.29, 0.717) is 11.5 Å². The SMILES string of the molecule is Cc1cccc(OCC(=O)NC(c2ccccc2)c2ccco2)c1. The second-order valence-corrected chi connectivity index (χ2v) is 5.53. The summed E-state index contributed by atoms with van der Waals surface area (Å²) >= 11 is 0. The first-order valence-corrected chi connectivity index (χ1v) is 7.79. The van der Waals surface area contributed by atoms with Gasteiger partial charge in [0.25, 0.3) is 5.91 Å². The monoisotopic (exact) mass is 321 g/mol. The highest BCUT2D eigenvalue weighted by Crippen LogP contribution is 2.22. The van der Waals surface area contributed by atoms with Crippen LogP contribution in [-0.2, 0) is 4.79 Å². The number of amides is 1. The Morgan fingerprint density at radius 2 is 1.92 bits per heavy atom. The number of nitrogens with one attached hydrogen (secondary N) is 1. The number of rotatable bonds is 6. The van der Waals surface area contributed by atoms with Gasteiger partial charge < -0.3 is 14.5 Å². The van der Waals surface area contributed by atoms with Gasteiger partial charge >= 0.3 is 0 Å². The van der Waals surface area contributed by atoms with Gasteiger partial charge in [-0.05, 0) is 42.3 Å². The van der Waals surface area contributed by atoms with Gasteiger partial charge in [0.1, 0.15) is 17.6 Å². The van der Waals surface area contributed by atoms with E-state index in [0.717, 1.165) is 11.1 Å². The number of hydrogen-bond donors (Lipinski definition) is 1. The van der Waals surface area contributed by atoms with E-state index in [9.17, 15) is 4.79 Å². The van der Waals surface area contributed by atoms with Crippen LogP contribution in [0.15, 0.2) is 77.4 Å². The fourth-order valence-corrected chi connectivity index (χ4v) is 2.48. The number of benzene rings is 2. The Labute approximate surface area is 141 Å². The van der Waals surface area contributed by atoms with Crippen molar-refractivity contribution in [2.24, 2.45) is 0 Å². The highest BCUT2D eigenvalue weighted by Gasteiger charge is 2.19. The maximum absolute atomic E-state index is 12.3. The molecule has 1 heterocycles. The van der Waals surface area contributed by atoms with E-state index in [1.165, 1.54) is 0 Å². The first-order valence-electron chi connectivity index (χ1n) is 7.79. The van der Waals surface area contributed by atoms with Crippen LogP contribution in [0.4, 0.5) is 0 Å². The van der Waals surface area contributed by atoms with Crippen molar-refractivity contribution in [1.29, 1.82) is 0 Å². The van der Waals surface area contributed by atoms with Gasteiger partial charge in [0.05, 0.1) is 6.26 Å². The molecule has 0 radical (unpaired) electrons. The molecular formula is C20H19NO3. The molecule has 1 aromatic heterocycles. The minimum atomic E-state index is -0.338. The zero-order valence-corrected chi connectivity index (χ0v) is 13.4. The normalized spacial score (nSPS) is 11.7. The molecule has 1 atom stereocenters. The second-order valence-electron chi connectivity index (χ2n) is 5.53. The van der Waals surface area contributed by atoms with Crippen LogP contribution in [0.3, 0.4) is 0 Å².